The van der Waals surface area contributed by atoms with Crippen LogP contribution in [0.4, 0.5) is 0 Å². The molecular weight excluding hydrogens is 204 g/mol. The van der Waals surface area contributed by atoms with Crippen LogP contribution in [-0.4, -0.2) is 34.7 Å². The number of ether oxygens (including phenoxy) is 1. The van der Waals surface area contributed by atoms with E-state index in [2.05, 4.69) is 20.3 Å². The molecule has 0 aromatic carbocycles. The second kappa shape index (κ2) is 3.84. The number of pyridine rings is 1. The van der Waals surface area contributed by atoms with Crippen LogP contribution in [0, 0.1) is 0 Å². The molecule has 3 heterocycles. The van der Waals surface area contributed by atoms with Crippen molar-refractivity contribution in [2.24, 2.45) is 0 Å². The number of hydrogen-bond donors (Lipinski definition) is 2. The van der Waals surface area contributed by atoms with Crippen LogP contribution < -0.4 is 5.32 Å². The van der Waals surface area contributed by atoms with Gasteiger partial charge < -0.3 is 15.0 Å². The van der Waals surface area contributed by atoms with Gasteiger partial charge in [0.1, 0.15) is 5.82 Å². The lowest BCUT2D eigenvalue weighted by atomic mass is 10.2. The Morgan fingerprint density at radius 3 is 3.19 bits per heavy atom. The number of rotatable bonds is 2. The fourth-order valence-corrected chi connectivity index (χ4v) is 2.12. The summed E-state index contributed by atoms with van der Waals surface area (Å²) in [6.45, 7) is 0.881. The summed E-state index contributed by atoms with van der Waals surface area (Å²) in [6.07, 6.45) is 3.00. The predicted molar refractivity (Wildman–Crippen MR) is 60.0 cm³/mol. The van der Waals surface area contributed by atoms with Gasteiger partial charge in [-0.2, -0.15) is 0 Å². The van der Waals surface area contributed by atoms with E-state index in [1.165, 1.54) is 0 Å². The lowest BCUT2D eigenvalue weighted by Gasteiger charge is -2.05. The third kappa shape index (κ3) is 1.58. The van der Waals surface area contributed by atoms with E-state index >= 15 is 0 Å². The Kier molecular flexibility index (Phi) is 2.34. The number of aromatic nitrogens is 3. The van der Waals surface area contributed by atoms with Crippen molar-refractivity contribution >= 4 is 11.2 Å². The van der Waals surface area contributed by atoms with Gasteiger partial charge in [0.15, 0.2) is 5.65 Å². The van der Waals surface area contributed by atoms with Gasteiger partial charge in [-0.25, -0.2) is 9.97 Å². The summed E-state index contributed by atoms with van der Waals surface area (Å²) >= 11 is 0. The first-order valence-electron chi connectivity index (χ1n) is 5.43. The first-order valence-corrected chi connectivity index (χ1v) is 5.43. The van der Waals surface area contributed by atoms with Crippen LogP contribution in [0.3, 0.4) is 0 Å². The van der Waals surface area contributed by atoms with Crippen LogP contribution in [-0.2, 0) is 4.74 Å². The fraction of sp³-hybridized carbons (Fsp3) is 0.455. The molecule has 5 nitrogen and oxygen atoms in total. The zero-order valence-corrected chi connectivity index (χ0v) is 9.10. The number of nitrogens with one attached hydrogen (secondary N) is 2. The summed E-state index contributed by atoms with van der Waals surface area (Å²) in [6, 6.07) is 4.14. The van der Waals surface area contributed by atoms with Crippen LogP contribution in [0.15, 0.2) is 18.3 Å². The summed E-state index contributed by atoms with van der Waals surface area (Å²) in [7, 11) is 1.74. The Morgan fingerprint density at radius 1 is 1.50 bits per heavy atom. The van der Waals surface area contributed by atoms with Gasteiger partial charge in [0.05, 0.1) is 17.7 Å². The van der Waals surface area contributed by atoms with E-state index < -0.39 is 0 Å². The second-order valence-electron chi connectivity index (χ2n) is 4.05. The number of nitrogens with zero attached hydrogens (tertiary/aromatic N) is 2. The highest BCUT2D eigenvalue weighted by atomic mass is 16.5. The van der Waals surface area contributed by atoms with Crippen molar-refractivity contribution in [3.05, 3.63) is 24.2 Å². The minimum absolute atomic E-state index is 0.249. The van der Waals surface area contributed by atoms with Crippen LogP contribution in [0.5, 0.6) is 0 Å². The maximum absolute atomic E-state index is 5.32. The number of fused-ring (bicyclic) bond motifs is 1. The maximum Gasteiger partial charge on any atom is 0.177 e. The molecule has 5 heteroatoms. The van der Waals surface area contributed by atoms with Gasteiger partial charge in [-0.05, 0) is 18.6 Å². The zero-order valence-electron chi connectivity index (χ0n) is 9.10. The molecule has 1 aliphatic rings. The molecule has 16 heavy (non-hydrogen) atoms. The third-order valence-corrected chi connectivity index (χ3v) is 3.03. The molecule has 2 atom stereocenters. The quantitative estimate of drug-likeness (QED) is 0.789. The molecule has 0 aliphatic carbocycles. The normalized spacial score (nSPS) is 25.3. The van der Waals surface area contributed by atoms with Crippen molar-refractivity contribution in [2.75, 3.05) is 13.7 Å². The van der Waals surface area contributed by atoms with Crippen molar-refractivity contribution in [3.8, 4) is 0 Å². The molecule has 3 rings (SSSR count). The molecule has 0 spiro atoms. The minimum Gasteiger partial charge on any atom is -0.380 e. The monoisotopic (exact) mass is 218 g/mol. The van der Waals surface area contributed by atoms with Crippen molar-refractivity contribution in [1.29, 1.82) is 0 Å². The van der Waals surface area contributed by atoms with E-state index in [1.54, 1.807) is 13.3 Å². The van der Waals surface area contributed by atoms with Gasteiger partial charge in [0.25, 0.3) is 0 Å². The van der Waals surface area contributed by atoms with E-state index in [1.807, 2.05) is 12.1 Å². The fourth-order valence-electron chi connectivity index (χ4n) is 2.12. The number of hydrogen-bond acceptors (Lipinski definition) is 4. The average Bonchev–Trinajstić information content (AvgIpc) is 2.95. The van der Waals surface area contributed by atoms with E-state index in [9.17, 15) is 0 Å². The van der Waals surface area contributed by atoms with E-state index in [0.717, 1.165) is 30.0 Å². The lowest BCUT2D eigenvalue weighted by molar-refractivity contribution is 0.117. The molecule has 2 N–H and O–H groups in total. The number of methoxy groups -OCH3 is 1. The Bertz CT molecular complexity index is 462. The van der Waals surface area contributed by atoms with Crippen LogP contribution in [0.25, 0.3) is 11.2 Å². The Labute approximate surface area is 93.2 Å². The Balaban J connectivity index is 1.89. The van der Waals surface area contributed by atoms with Crippen LogP contribution >= 0.6 is 0 Å². The average molecular weight is 218 g/mol. The van der Waals surface area contributed by atoms with E-state index in [-0.39, 0.29) is 12.1 Å². The second-order valence-corrected chi connectivity index (χ2v) is 4.05. The number of H-pyrrole nitrogens is 1. The smallest absolute Gasteiger partial charge is 0.177 e. The Hall–Kier alpha value is -1.46. The van der Waals surface area contributed by atoms with Gasteiger partial charge in [0.2, 0.25) is 0 Å². The molecular formula is C11H14N4O. The summed E-state index contributed by atoms with van der Waals surface area (Å²) in [5, 5.41) is 3.39. The van der Waals surface area contributed by atoms with E-state index in [4.69, 9.17) is 4.74 Å². The molecule has 1 aliphatic heterocycles. The van der Waals surface area contributed by atoms with Crippen LogP contribution in [0.1, 0.15) is 18.3 Å². The van der Waals surface area contributed by atoms with Gasteiger partial charge in [-0.15, -0.1) is 0 Å². The number of aromatic amines is 1. The summed E-state index contributed by atoms with van der Waals surface area (Å²) in [4.78, 5) is 12.0. The molecule has 0 amide bonds. The van der Waals surface area contributed by atoms with Gasteiger partial charge >= 0.3 is 0 Å². The summed E-state index contributed by atoms with van der Waals surface area (Å²) in [5.41, 5.74) is 1.76. The molecule has 0 bridgehead atoms. The minimum atomic E-state index is 0.249. The highest BCUT2D eigenvalue weighted by Gasteiger charge is 2.27. The van der Waals surface area contributed by atoms with Crippen LogP contribution in [0.2, 0.25) is 0 Å². The van der Waals surface area contributed by atoms with Gasteiger partial charge in [-0.1, -0.05) is 0 Å². The summed E-state index contributed by atoms with van der Waals surface area (Å²) in [5.74, 6) is 0.952. The predicted octanol–water partition coefficient (Wildman–Crippen LogP) is 1.01. The highest BCUT2D eigenvalue weighted by molar-refractivity contribution is 5.70. The largest absolute Gasteiger partial charge is 0.380 e. The topological polar surface area (TPSA) is 62.8 Å². The summed E-state index contributed by atoms with van der Waals surface area (Å²) < 4.78 is 5.32. The van der Waals surface area contributed by atoms with Crippen molar-refractivity contribution < 1.29 is 4.74 Å². The highest BCUT2D eigenvalue weighted by Crippen LogP contribution is 2.23. The van der Waals surface area contributed by atoms with Gasteiger partial charge in [0, 0.05) is 19.9 Å². The molecule has 1 saturated heterocycles. The van der Waals surface area contributed by atoms with Crippen molar-refractivity contribution in [1.82, 2.24) is 20.3 Å². The molecule has 2 aromatic rings. The first-order chi connectivity index (χ1) is 7.86. The maximum atomic E-state index is 5.32. The number of imidazole rings is 1. The Morgan fingerprint density at radius 2 is 2.44 bits per heavy atom. The van der Waals surface area contributed by atoms with Gasteiger partial charge in [-0.3, -0.25) is 0 Å². The standard InChI is InChI=1S/C11H14N4O/c1-16-7-5-9(13-6-7)11-14-8-3-2-4-12-10(8)15-11/h2-4,7,9,13H,5-6H2,1H3,(H,12,14,15). The molecule has 2 aromatic heterocycles. The molecule has 0 radical (unpaired) electrons. The zero-order chi connectivity index (χ0) is 11.0. The first kappa shape index (κ1) is 9.74. The SMILES string of the molecule is COC1CNC(c2nc3ncccc3[nH]2)C1. The van der Waals surface area contributed by atoms with E-state index in [0.29, 0.717) is 0 Å². The molecule has 2 unspecified atom stereocenters. The molecule has 1 fully saturated rings. The third-order valence-electron chi connectivity index (χ3n) is 3.03. The molecule has 0 saturated carbocycles. The lowest BCUT2D eigenvalue weighted by Crippen LogP contribution is -2.16. The van der Waals surface area contributed by atoms with Crippen molar-refractivity contribution in [2.45, 2.75) is 18.6 Å². The van der Waals surface area contributed by atoms with Crippen molar-refractivity contribution in [3.63, 3.8) is 0 Å². The molecule has 84 valence electrons.